The van der Waals surface area contributed by atoms with Crippen LogP contribution in [-0.4, -0.2) is 21.3 Å². The molecule has 6 nitrogen and oxygen atoms in total. The predicted molar refractivity (Wildman–Crippen MR) is 43.3 cm³/mol. The van der Waals surface area contributed by atoms with Gasteiger partial charge in [-0.15, -0.1) is 0 Å². The number of hydrogen-bond acceptors (Lipinski definition) is 4. The number of nitrogens with zero attached hydrogens (tertiary/aromatic N) is 3. The van der Waals surface area contributed by atoms with Gasteiger partial charge in [0.1, 0.15) is 0 Å². The number of aromatic nitrogens is 3. The van der Waals surface area contributed by atoms with Crippen molar-refractivity contribution in [2.24, 2.45) is 0 Å². The second-order valence-electron chi connectivity index (χ2n) is 2.29. The van der Waals surface area contributed by atoms with Crippen LogP contribution >= 0.6 is 0 Å². The average molecular weight is 178 g/mol. The van der Waals surface area contributed by atoms with Crippen molar-refractivity contribution in [1.82, 2.24) is 14.9 Å². The largest absolute Gasteiger partial charge is 0.307 e. The molecule has 66 valence electrons. The van der Waals surface area contributed by atoms with Crippen LogP contribution in [0.4, 0.5) is 5.82 Å². The van der Waals surface area contributed by atoms with E-state index in [1.807, 2.05) is 12.1 Å². The van der Waals surface area contributed by atoms with Gasteiger partial charge in [-0.05, 0) is 22.4 Å². The number of rotatable bonds is 3. The zero-order chi connectivity index (χ0) is 9.10. The Labute approximate surface area is 73.1 Å². The summed E-state index contributed by atoms with van der Waals surface area (Å²) in [7, 11) is 0. The van der Waals surface area contributed by atoms with Gasteiger partial charge in [-0.2, -0.15) is 0 Å². The van der Waals surface area contributed by atoms with E-state index < -0.39 is 0 Å². The van der Waals surface area contributed by atoms with E-state index in [1.54, 1.807) is 17.0 Å². The molecule has 0 aliphatic heterocycles. The first kappa shape index (κ1) is 7.53. The molecule has 13 heavy (non-hydrogen) atoms. The highest BCUT2D eigenvalue weighted by Gasteiger charge is 2.09. The van der Waals surface area contributed by atoms with Crippen LogP contribution in [0.3, 0.4) is 0 Å². The fourth-order valence-corrected chi connectivity index (χ4v) is 0.976. The van der Waals surface area contributed by atoms with Crippen molar-refractivity contribution >= 4 is 12.2 Å². The lowest BCUT2D eigenvalue weighted by Crippen LogP contribution is -1.99. The van der Waals surface area contributed by atoms with Crippen LogP contribution in [0.5, 0.6) is 0 Å². The molecule has 2 aromatic rings. The van der Waals surface area contributed by atoms with Crippen LogP contribution < -0.4 is 5.32 Å². The van der Waals surface area contributed by atoms with Gasteiger partial charge >= 0.3 is 0 Å². The molecule has 0 spiro atoms. The Hall–Kier alpha value is -2.11. The lowest BCUT2D eigenvalue weighted by molar-refractivity contribution is -0.105. The first-order valence-corrected chi connectivity index (χ1v) is 3.58. The van der Waals surface area contributed by atoms with Gasteiger partial charge in [0.25, 0.3) is 0 Å². The molecule has 2 aromatic heterocycles. The van der Waals surface area contributed by atoms with Crippen LogP contribution in [0.1, 0.15) is 0 Å². The number of nitrogens with one attached hydrogen (secondary N) is 1. The zero-order valence-corrected chi connectivity index (χ0v) is 6.54. The summed E-state index contributed by atoms with van der Waals surface area (Å²) in [6.45, 7) is 0. The third-order valence-electron chi connectivity index (χ3n) is 1.52. The smallest absolute Gasteiger partial charge is 0.226 e. The second kappa shape index (κ2) is 3.10. The number of amides is 1. The summed E-state index contributed by atoms with van der Waals surface area (Å²) in [5, 5.41) is 9.52. The van der Waals surface area contributed by atoms with Crippen LogP contribution in [0.2, 0.25) is 0 Å². The van der Waals surface area contributed by atoms with E-state index in [0.717, 1.165) is 0 Å². The SMILES string of the molecule is O=CNc1nonc1-n1cccc1. The number of carbonyl (C=O) groups excluding carboxylic acids is 1. The number of carbonyl (C=O) groups is 1. The standard InChI is InChI=1S/C7H6N4O2/c12-5-8-6-7(10-13-9-6)11-3-1-2-4-11/h1-5H,(H,8,9,12). The second-order valence-corrected chi connectivity index (χ2v) is 2.29. The van der Waals surface area contributed by atoms with E-state index in [0.29, 0.717) is 18.0 Å². The minimum absolute atomic E-state index is 0.297. The molecule has 2 rings (SSSR count). The van der Waals surface area contributed by atoms with Gasteiger partial charge in [-0.3, -0.25) is 4.79 Å². The van der Waals surface area contributed by atoms with E-state index in [2.05, 4.69) is 20.3 Å². The lowest BCUT2D eigenvalue weighted by atomic mass is 10.6. The third-order valence-corrected chi connectivity index (χ3v) is 1.52. The van der Waals surface area contributed by atoms with Gasteiger partial charge in [0.05, 0.1) is 0 Å². The number of hydrogen-bond donors (Lipinski definition) is 1. The van der Waals surface area contributed by atoms with Crippen LogP contribution in [-0.2, 0) is 4.79 Å². The first-order valence-electron chi connectivity index (χ1n) is 3.58. The van der Waals surface area contributed by atoms with Gasteiger partial charge in [0.2, 0.25) is 18.0 Å². The summed E-state index contributed by atoms with van der Waals surface area (Å²) in [6.07, 6.45) is 4.07. The van der Waals surface area contributed by atoms with Crippen molar-refractivity contribution in [2.75, 3.05) is 5.32 Å². The highest BCUT2D eigenvalue weighted by molar-refractivity contribution is 5.72. The Morgan fingerprint density at radius 3 is 2.85 bits per heavy atom. The summed E-state index contributed by atoms with van der Waals surface area (Å²) in [5.74, 6) is 0.753. The van der Waals surface area contributed by atoms with Gasteiger partial charge in [0, 0.05) is 12.4 Å². The normalized spacial score (nSPS) is 9.85. The van der Waals surface area contributed by atoms with Gasteiger partial charge in [-0.25, -0.2) is 4.63 Å². The molecular weight excluding hydrogens is 172 g/mol. The average Bonchev–Trinajstić information content (AvgIpc) is 2.71. The monoisotopic (exact) mass is 178 g/mol. The Balaban J connectivity index is 2.40. The molecule has 0 atom stereocenters. The zero-order valence-electron chi connectivity index (χ0n) is 6.54. The number of anilines is 1. The molecule has 2 heterocycles. The van der Waals surface area contributed by atoms with Crippen LogP contribution in [0.15, 0.2) is 29.2 Å². The molecule has 0 radical (unpaired) electrons. The molecule has 0 aliphatic rings. The molecule has 0 saturated heterocycles. The molecule has 0 aliphatic carbocycles. The maximum absolute atomic E-state index is 10.2. The van der Waals surface area contributed by atoms with Crippen molar-refractivity contribution in [3.63, 3.8) is 0 Å². The topological polar surface area (TPSA) is 73.0 Å². The van der Waals surface area contributed by atoms with Crippen molar-refractivity contribution in [2.45, 2.75) is 0 Å². The van der Waals surface area contributed by atoms with Gasteiger partial charge < -0.3 is 9.88 Å². The Kier molecular flexibility index (Phi) is 1.79. The fourth-order valence-electron chi connectivity index (χ4n) is 0.976. The maximum Gasteiger partial charge on any atom is 0.226 e. The van der Waals surface area contributed by atoms with E-state index in [9.17, 15) is 4.79 Å². The van der Waals surface area contributed by atoms with E-state index in [-0.39, 0.29) is 0 Å². The highest BCUT2D eigenvalue weighted by Crippen LogP contribution is 2.13. The first-order chi connectivity index (χ1) is 6.42. The van der Waals surface area contributed by atoms with Crippen molar-refractivity contribution in [3.05, 3.63) is 24.5 Å². The molecular formula is C7H6N4O2. The van der Waals surface area contributed by atoms with Gasteiger partial charge in [0.15, 0.2) is 0 Å². The summed E-state index contributed by atoms with van der Waals surface area (Å²) >= 11 is 0. The fraction of sp³-hybridized carbons (Fsp3) is 0. The van der Waals surface area contributed by atoms with Crippen molar-refractivity contribution in [3.8, 4) is 5.82 Å². The highest BCUT2D eigenvalue weighted by atomic mass is 16.6. The Morgan fingerprint density at radius 1 is 1.38 bits per heavy atom. The van der Waals surface area contributed by atoms with Crippen LogP contribution in [0.25, 0.3) is 5.82 Å². The maximum atomic E-state index is 10.2. The summed E-state index contributed by atoms with van der Waals surface area (Å²) in [4.78, 5) is 10.2. The van der Waals surface area contributed by atoms with E-state index >= 15 is 0 Å². The van der Waals surface area contributed by atoms with Crippen molar-refractivity contribution < 1.29 is 9.42 Å². The lowest BCUT2D eigenvalue weighted by Gasteiger charge is -1.96. The van der Waals surface area contributed by atoms with Crippen molar-refractivity contribution in [1.29, 1.82) is 0 Å². The molecule has 0 unspecified atom stereocenters. The summed E-state index contributed by atoms with van der Waals surface area (Å²) in [6, 6.07) is 3.67. The quantitative estimate of drug-likeness (QED) is 0.691. The molecule has 0 aromatic carbocycles. The predicted octanol–water partition coefficient (Wildman–Crippen LogP) is 0.429. The molecule has 6 heteroatoms. The van der Waals surface area contributed by atoms with Gasteiger partial charge in [-0.1, -0.05) is 0 Å². The molecule has 0 saturated carbocycles. The minimum Gasteiger partial charge on any atom is -0.307 e. The molecule has 1 N–H and O–H groups in total. The third kappa shape index (κ3) is 1.28. The minimum atomic E-state index is 0.297. The summed E-state index contributed by atoms with van der Waals surface area (Å²) in [5.41, 5.74) is 0. The molecule has 0 bridgehead atoms. The van der Waals surface area contributed by atoms with E-state index in [1.165, 1.54) is 0 Å². The Bertz CT molecular complexity index is 392. The molecule has 1 amide bonds. The Morgan fingerprint density at radius 2 is 2.15 bits per heavy atom. The molecule has 0 fully saturated rings. The van der Waals surface area contributed by atoms with E-state index in [4.69, 9.17) is 0 Å². The summed E-state index contributed by atoms with van der Waals surface area (Å²) < 4.78 is 6.16. The van der Waals surface area contributed by atoms with Crippen LogP contribution in [0, 0.1) is 0 Å².